The van der Waals surface area contributed by atoms with Gasteiger partial charge in [-0.3, -0.25) is 0 Å². The minimum absolute atomic E-state index is 0.146. The number of nitrogens with zero attached hydrogens (tertiary/aromatic N) is 2. The topological polar surface area (TPSA) is 48.9 Å². The molecule has 2 aliphatic rings. The van der Waals surface area contributed by atoms with Crippen molar-refractivity contribution in [2.24, 2.45) is 5.10 Å². The van der Waals surface area contributed by atoms with E-state index in [1.165, 1.54) is 24.3 Å². The van der Waals surface area contributed by atoms with Crippen molar-refractivity contribution in [3.05, 3.63) is 53.7 Å². The predicted octanol–water partition coefficient (Wildman–Crippen LogP) is 1.62. The molecule has 0 aromatic heterocycles. The van der Waals surface area contributed by atoms with Crippen molar-refractivity contribution >= 4 is 13.7 Å². The number of nitrogens with one attached hydrogen (secondary N) is 2. The molecule has 1 unspecified atom stereocenters. The molecule has 0 saturated carbocycles. The van der Waals surface area contributed by atoms with Gasteiger partial charge in [0.25, 0.3) is 0 Å². The zero-order chi connectivity index (χ0) is 18.0. The van der Waals surface area contributed by atoms with E-state index in [1.807, 2.05) is 0 Å². The lowest BCUT2D eigenvalue weighted by atomic mass is 10.1. The van der Waals surface area contributed by atoms with Gasteiger partial charge in [0.1, 0.15) is 11.6 Å². The fraction of sp³-hybridized carbons (Fsp3) is 0.267. The Morgan fingerprint density at radius 2 is 2.16 bits per heavy atom. The van der Waals surface area contributed by atoms with Crippen LogP contribution >= 0.6 is 0 Å². The first-order chi connectivity index (χ1) is 11.8. The number of ether oxygens (including phenoxy) is 1. The number of hydrogen-bond donors (Lipinski definition) is 2. The number of hydrazone groups is 1. The molecule has 1 aromatic rings. The second-order valence-corrected chi connectivity index (χ2v) is 5.59. The van der Waals surface area contributed by atoms with Crippen LogP contribution in [0.1, 0.15) is 6.42 Å². The molecule has 2 aliphatic heterocycles. The first-order valence-corrected chi connectivity index (χ1v) is 7.58. The molecule has 0 bridgehead atoms. The Hall–Kier alpha value is -2.65. The summed E-state index contributed by atoms with van der Waals surface area (Å²) in [6, 6.07) is 5.53. The van der Waals surface area contributed by atoms with Crippen LogP contribution in [0.5, 0.6) is 5.75 Å². The van der Waals surface area contributed by atoms with Gasteiger partial charge < -0.3 is 15.4 Å². The molecule has 0 radical (unpaired) electrons. The van der Waals surface area contributed by atoms with Crippen molar-refractivity contribution in [1.29, 1.82) is 0 Å². The summed E-state index contributed by atoms with van der Waals surface area (Å²) in [6.07, 6.45) is -2.41. The Bertz CT molecular complexity index is 747. The molecule has 10 heteroatoms. The lowest BCUT2D eigenvalue weighted by Crippen LogP contribution is -2.44. The van der Waals surface area contributed by atoms with Crippen molar-refractivity contribution in [1.82, 2.24) is 15.6 Å². The van der Waals surface area contributed by atoms with Gasteiger partial charge in [0.05, 0.1) is 12.1 Å². The van der Waals surface area contributed by atoms with Crippen LogP contribution in [0.2, 0.25) is 0 Å². The van der Waals surface area contributed by atoms with E-state index in [2.05, 4.69) is 15.7 Å². The number of benzene rings is 1. The summed E-state index contributed by atoms with van der Waals surface area (Å²) in [5.41, 5.74) is 1.26. The first kappa shape index (κ1) is 17.2. The Balaban J connectivity index is 1.76. The summed E-state index contributed by atoms with van der Waals surface area (Å²) in [7, 11) is 1.80. The summed E-state index contributed by atoms with van der Waals surface area (Å²) in [4.78, 5) is 0. The van der Waals surface area contributed by atoms with Crippen LogP contribution in [0.15, 0.2) is 52.9 Å². The molecular weight excluding hydrogens is 339 g/mol. The molecule has 25 heavy (non-hydrogen) atoms. The molecule has 2 heterocycles. The van der Waals surface area contributed by atoms with Gasteiger partial charge in [0, 0.05) is 30.5 Å². The van der Waals surface area contributed by atoms with Crippen molar-refractivity contribution < 1.29 is 22.3 Å². The number of alkyl halides is 3. The average Bonchev–Trinajstić information content (AvgIpc) is 2.88. The van der Waals surface area contributed by atoms with Gasteiger partial charge in [0.15, 0.2) is 14.0 Å². The minimum atomic E-state index is -4.24. The van der Waals surface area contributed by atoms with Crippen LogP contribution in [0, 0.1) is 5.82 Å². The van der Waals surface area contributed by atoms with Crippen LogP contribution in [-0.4, -0.2) is 37.6 Å². The highest BCUT2D eigenvalue weighted by Gasteiger charge is 2.32. The Morgan fingerprint density at radius 3 is 2.88 bits per heavy atom. The first-order valence-electron chi connectivity index (χ1n) is 7.58. The molecule has 132 valence electrons. The normalized spacial score (nSPS) is 19.4. The molecule has 0 saturated heterocycles. The van der Waals surface area contributed by atoms with Gasteiger partial charge in [-0.25, -0.2) is 9.40 Å². The maximum atomic E-state index is 13.3. The number of rotatable bonds is 4. The molecule has 0 amide bonds. The van der Waals surface area contributed by atoms with Crippen molar-refractivity contribution in [3.63, 3.8) is 0 Å². The lowest BCUT2D eigenvalue weighted by Gasteiger charge is -2.30. The maximum Gasteiger partial charge on any atom is 0.390 e. The second kappa shape index (κ2) is 6.69. The standard InChI is InChI=1S/C15H15BF4N4O/c16-12-8-22-14-11(21-5-4-15(18,19)20)7-13(23-24(12)14)25-10-3-1-2-9(17)6-10/h1-3,6-8,14,21-22H,4-5,16H2. The fourth-order valence-electron chi connectivity index (χ4n) is 2.44. The molecule has 1 atom stereocenters. The third-order valence-corrected chi connectivity index (χ3v) is 3.59. The summed E-state index contributed by atoms with van der Waals surface area (Å²) < 4.78 is 55.9. The van der Waals surface area contributed by atoms with E-state index in [0.717, 1.165) is 5.60 Å². The number of fused-ring (bicyclic) bond motifs is 1. The van der Waals surface area contributed by atoms with Gasteiger partial charge in [-0.1, -0.05) is 6.07 Å². The molecule has 3 rings (SSSR count). The fourth-order valence-corrected chi connectivity index (χ4v) is 2.44. The SMILES string of the molecule is BC1=CNC2C(NCCC(F)(F)F)=CC(Oc3cccc(F)c3)=NN12. The third-order valence-electron chi connectivity index (χ3n) is 3.59. The van der Waals surface area contributed by atoms with E-state index >= 15 is 0 Å². The zero-order valence-electron chi connectivity index (χ0n) is 13.3. The van der Waals surface area contributed by atoms with E-state index in [-0.39, 0.29) is 18.2 Å². The van der Waals surface area contributed by atoms with Crippen molar-refractivity contribution in [2.45, 2.75) is 18.8 Å². The zero-order valence-corrected chi connectivity index (χ0v) is 13.3. The summed E-state index contributed by atoms with van der Waals surface area (Å²) in [5.74, 6) is -0.0668. The van der Waals surface area contributed by atoms with Crippen molar-refractivity contribution in [3.8, 4) is 5.75 Å². The van der Waals surface area contributed by atoms with Crippen LogP contribution in [0.3, 0.4) is 0 Å². The highest BCUT2D eigenvalue weighted by molar-refractivity contribution is 6.21. The smallest absolute Gasteiger partial charge is 0.390 e. The Morgan fingerprint density at radius 1 is 1.36 bits per heavy atom. The highest BCUT2D eigenvalue weighted by atomic mass is 19.4. The molecular formula is C15H15BF4N4O. The van der Waals surface area contributed by atoms with Gasteiger partial charge in [0.2, 0.25) is 5.90 Å². The molecule has 0 aliphatic carbocycles. The summed E-state index contributed by atoms with van der Waals surface area (Å²) in [5, 5.41) is 11.7. The van der Waals surface area contributed by atoms with E-state index in [9.17, 15) is 17.6 Å². The molecule has 5 nitrogen and oxygen atoms in total. The molecule has 0 fully saturated rings. The number of hydrogen-bond acceptors (Lipinski definition) is 5. The van der Waals surface area contributed by atoms with E-state index in [0.29, 0.717) is 5.70 Å². The Labute approximate surface area is 142 Å². The van der Waals surface area contributed by atoms with E-state index in [4.69, 9.17) is 4.74 Å². The van der Waals surface area contributed by atoms with E-state index < -0.39 is 24.6 Å². The van der Waals surface area contributed by atoms with E-state index in [1.54, 1.807) is 25.1 Å². The van der Waals surface area contributed by atoms with Gasteiger partial charge >= 0.3 is 6.18 Å². The second-order valence-electron chi connectivity index (χ2n) is 5.59. The maximum absolute atomic E-state index is 13.3. The highest BCUT2D eigenvalue weighted by Crippen LogP contribution is 2.24. The van der Waals surface area contributed by atoms with Crippen LogP contribution < -0.4 is 15.4 Å². The van der Waals surface area contributed by atoms with Crippen LogP contribution in [0.25, 0.3) is 0 Å². The minimum Gasteiger partial charge on any atom is -0.437 e. The predicted molar refractivity (Wildman–Crippen MR) is 86.6 cm³/mol. The molecule has 0 spiro atoms. The number of halogens is 4. The monoisotopic (exact) mass is 354 g/mol. The largest absolute Gasteiger partial charge is 0.437 e. The third kappa shape index (κ3) is 4.26. The molecule has 1 aromatic carbocycles. The van der Waals surface area contributed by atoms with Crippen molar-refractivity contribution in [2.75, 3.05) is 6.54 Å². The summed E-state index contributed by atoms with van der Waals surface area (Å²) >= 11 is 0. The molecule has 2 N–H and O–H groups in total. The summed E-state index contributed by atoms with van der Waals surface area (Å²) in [6.45, 7) is -0.270. The van der Waals surface area contributed by atoms with Gasteiger partial charge in [-0.2, -0.15) is 13.2 Å². The van der Waals surface area contributed by atoms with Gasteiger partial charge in [-0.15, -0.1) is 5.10 Å². The van der Waals surface area contributed by atoms with Gasteiger partial charge in [-0.05, 0) is 12.1 Å². The lowest BCUT2D eigenvalue weighted by molar-refractivity contribution is -0.133. The quantitative estimate of drug-likeness (QED) is 0.638. The Kier molecular flexibility index (Phi) is 4.60. The van der Waals surface area contributed by atoms with Crippen LogP contribution in [0.4, 0.5) is 17.6 Å². The average molecular weight is 354 g/mol. The van der Waals surface area contributed by atoms with Crippen LogP contribution in [-0.2, 0) is 0 Å².